The highest BCUT2D eigenvalue weighted by Crippen LogP contribution is 2.16. The Kier molecular flexibility index (Phi) is 5.86. The van der Waals surface area contributed by atoms with E-state index in [0.717, 1.165) is 30.5 Å². The van der Waals surface area contributed by atoms with Crippen molar-refractivity contribution in [1.82, 2.24) is 5.32 Å². The third-order valence-electron chi connectivity index (χ3n) is 4.29. The standard InChI is InChI=1S/C20H23N3O3/c21-16-8-6-14(7-9-16)10-11-22-19(24)15-3-1-4-17(13-15)23-20(25)18-5-2-12-26-18/h1,3-4,6-9,13,18H,2,5,10-12,21H2,(H,22,24)(H,23,25). The van der Waals surface area contributed by atoms with Crippen LogP contribution in [-0.4, -0.2) is 31.1 Å². The van der Waals surface area contributed by atoms with E-state index in [4.69, 9.17) is 10.5 Å². The van der Waals surface area contributed by atoms with E-state index in [1.807, 2.05) is 24.3 Å². The number of rotatable bonds is 6. The number of carbonyl (C=O) groups excluding carboxylic acids is 2. The summed E-state index contributed by atoms with van der Waals surface area (Å²) in [5.41, 5.74) is 8.59. The second-order valence-corrected chi connectivity index (χ2v) is 6.32. The van der Waals surface area contributed by atoms with E-state index in [1.54, 1.807) is 24.3 Å². The topological polar surface area (TPSA) is 93.5 Å². The van der Waals surface area contributed by atoms with Gasteiger partial charge in [0.1, 0.15) is 6.10 Å². The van der Waals surface area contributed by atoms with E-state index < -0.39 is 6.10 Å². The molecule has 136 valence electrons. The summed E-state index contributed by atoms with van der Waals surface area (Å²) in [5, 5.41) is 5.70. The first-order chi connectivity index (χ1) is 12.6. The van der Waals surface area contributed by atoms with Crippen LogP contribution in [0, 0.1) is 0 Å². The summed E-state index contributed by atoms with van der Waals surface area (Å²) in [6.45, 7) is 1.14. The van der Waals surface area contributed by atoms with Gasteiger partial charge in [0.2, 0.25) is 0 Å². The summed E-state index contributed by atoms with van der Waals surface area (Å²) in [7, 11) is 0. The molecule has 3 rings (SSSR count). The molecule has 1 fully saturated rings. The molecule has 26 heavy (non-hydrogen) atoms. The van der Waals surface area contributed by atoms with E-state index in [1.165, 1.54) is 0 Å². The largest absolute Gasteiger partial charge is 0.399 e. The molecular formula is C20H23N3O3. The molecule has 1 heterocycles. The van der Waals surface area contributed by atoms with Crippen LogP contribution < -0.4 is 16.4 Å². The minimum Gasteiger partial charge on any atom is -0.399 e. The molecule has 1 aliphatic heterocycles. The summed E-state index contributed by atoms with van der Waals surface area (Å²) in [6.07, 6.45) is 1.96. The van der Waals surface area contributed by atoms with Crippen LogP contribution in [0.5, 0.6) is 0 Å². The third-order valence-corrected chi connectivity index (χ3v) is 4.29. The normalized spacial score (nSPS) is 16.2. The van der Waals surface area contributed by atoms with Gasteiger partial charge in [0.05, 0.1) is 0 Å². The van der Waals surface area contributed by atoms with Crippen molar-refractivity contribution in [2.24, 2.45) is 0 Å². The number of nitrogens with one attached hydrogen (secondary N) is 2. The molecule has 6 heteroatoms. The smallest absolute Gasteiger partial charge is 0.253 e. The van der Waals surface area contributed by atoms with Crippen LogP contribution in [0.25, 0.3) is 0 Å². The van der Waals surface area contributed by atoms with Crippen LogP contribution in [0.15, 0.2) is 48.5 Å². The van der Waals surface area contributed by atoms with Crippen LogP contribution in [-0.2, 0) is 16.0 Å². The minimum atomic E-state index is -0.396. The molecule has 1 atom stereocenters. The van der Waals surface area contributed by atoms with Crippen molar-refractivity contribution in [2.45, 2.75) is 25.4 Å². The number of nitrogens with two attached hydrogens (primary N) is 1. The lowest BCUT2D eigenvalue weighted by atomic mass is 10.1. The quantitative estimate of drug-likeness (QED) is 0.695. The fraction of sp³-hybridized carbons (Fsp3) is 0.300. The van der Waals surface area contributed by atoms with Gasteiger partial charge in [0.25, 0.3) is 11.8 Å². The van der Waals surface area contributed by atoms with Gasteiger partial charge in [-0.15, -0.1) is 0 Å². The number of carbonyl (C=O) groups is 2. The highest BCUT2D eigenvalue weighted by Gasteiger charge is 2.23. The van der Waals surface area contributed by atoms with Crippen molar-refractivity contribution in [2.75, 3.05) is 24.2 Å². The zero-order chi connectivity index (χ0) is 18.4. The molecule has 0 aliphatic carbocycles. The number of benzene rings is 2. The second-order valence-electron chi connectivity index (χ2n) is 6.32. The molecule has 1 aliphatic rings. The highest BCUT2D eigenvalue weighted by atomic mass is 16.5. The fourth-order valence-electron chi connectivity index (χ4n) is 2.85. The van der Waals surface area contributed by atoms with Gasteiger partial charge < -0.3 is 21.1 Å². The van der Waals surface area contributed by atoms with Crippen LogP contribution in [0.1, 0.15) is 28.8 Å². The van der Waals surface area contributed by atoms with Crippen LogP contribution in [0.2, 0.25) is 0 Å². The summed E-state index contributed by atoms with van der Waals surface area (Å²) >= 11 is 0. The maximum absolute atomic E-state index is 12.3. The molecule has 2 aromatic carbocycles. The van der Waals surface area contributed by atoms with Crippen LogP contribution in [0.3, 0.4) is 0 Å². The molecule has 0 bridgehead atoms. The lowest BCUT2D eigenvalue weighted by molar-refractivity contribution is -0.124. The Balaban J connectivity index is 1.52. The van der Waals surface area contributed by atoms with E-state index in [0.29, 0.717) is 24.4 Å². The molecule has 6 nitrogen and oxygen atoms in total. The number of ether oxygens (including phenoxy) is 1. The van der Waals surface area contributed by atoms with Gasteiger partial charge in [-0.05, 0) is 55.2 Å². The van der Waals surface area contributed by atoms with Gasteiger partial charge in [-0.25, -0.2) is 0 Å². The molecule has 0 spiro atoms. The molecule has 2 amide bonds. The summed E-state index contributed by atoms with van der Waals surface area (Å²) in [6, 6.07) is 14.5. The fourth-order valence-corrected chi connectivity index (χ4v) is 2.85. The predicted octanol–water partition coefficient (Wildman–Crippen LogP) is 2.36. The maximum atomic E-state index is 12.3. The molecule has 0 aromatic heterocycles. The van der Waals surface area contributed by atoms with Gasteiger partial charge in [-0.3, -0.25) is 9.59 Å². The monoisotopic (exact) mass is 353 g/mol. The van der Waals surface area contributed by atoms with Gasteiger partial charge in [0, 0.05) is 30.1 Å². The zero-order valence-electron chi connectivity index (χ0n) is 14.5. The Morgan fingerprint density at radius 1 is 1.15 bits per heavy atom. The SMILES string of the molecule is Nc1ccc(CCNC(=O)c2cccc(NC(=O)C3CCCO3)c2)cc1. The number of nitrogen functional groups attached to an aromatic ring is 1. The molecule has 4 N–H and O–H groups in total. The summed E-state index contributed by atoms with van der Waals surface area (Å²) < 4.78 is 5.37. The zero-order valence-corrected chi connectivity index (χ0v) is 14.5. The lowest BCUT2D eigenvalue weighted by Gasteiger charge is -2.11. The molecule has 1 saturated heterocycles. The van der Waals surface area contributed by atoms with Gasteiger partial charge in [-0.1, -0.05) is 18.2 Å². The summed E-state index contributed by atoms with van der Waals surface area (Å²) in [4.78, 5) is 24.4. The van der Waals surface area contributed by atoms with Crippen molar-refractivity contribution in [3.63, 3.8) is 0 Å². The van der Waals surface area contributed by atoms with Crippen molar-refractivity contribution < 1.29 is 14.3 Å². The predicted molar refractivity (Wildman–Crippen MR) is 101 cm³/mol. The van der Waals surface area contributed by atoms with Crippen molar-refractivity contribution in [1.29, 1.82) is 0 Å². The number of amides is 2. The number of hydrogen-bond donors (Lipinski definition) is 3. The van der Waals surface area contributed by atoms with E-state index in [2.05, 4.69) is 10.6 Å². The molecular weight excluding hydrogens is 330 g/mol. The molecule has 1 unspecified atom stereocenters. The van der Waals surface area contributed by atoms with Gasteiger partial charge >= 0.3 is 0 Å². The Morgan fingerprint density at radius 3 is 2.69 bits per heavy atom. The Morgan fingerprint density at radius 2 is 1.96 bits per heavy atom. The average Bonchev–Trinajstić information content (AvgIpc) is 3.18. The summed E-state index contributed by atoms with van der Waals surface area (Å²) in [5.74, 6) is -0.336. The molecule has 2 aromatic rings. The first-order valence-electron chi connectivity index (χ1n) is 8.77. The Hall–Kier alpha value is -2.86. The van der Waals surface area contributed by atoms with E-state index in [-0.39, 0.29) is 11.8 Å². The van der Waals surface area contributed by atoms with Crippen molar-refractivity contribution in [3.05, 3.63) is 59.7 Å². The van der Waals surface area contributed by atoms with E-state index >= 15 is 0 Å². The molecule has 0 saturated carbocycles. The second kappa shape index (κ2) is 8.49. The first kappa shape index (κ1) is 17.9. The van der Waals surface area contributed by atoms with Gasteiger partial charge in [0.15, 0.2) is 0 Å². The van der Waals surface area contributed by atoms with Crippen LogP contribution in [0.4, 0.5) is 11.4 Å². The third kappa shape index (κ3) is 4.83. The number of anilines is 2. The van der Waals surface area contributed by atoms with Crippen LogP contribution >= 0.6 is 0 Å². The van der Waals surface area contributed by atoms with Crippen molar-refractivity contribution >= 4 is 23.2 Å². The van der Waals surface area contributed by atoms with Gasteiger partial charge in [-0.2, -0.15) is 0 Å². The highest BCUT2D eigenvalue weighted by molar-refractivity contribution is 5.98. The Labute approximate surface area is 152 Å². The maximum Gasteiger partial charge on any atom is 0.253 e. The van der Waals surface area contributed by atoms with E-state index in [9.17, 15) is 9.59 Å². The minimum absolute atomic E-state index is 0.164. The first-order valence-corrected chi connectivity index (χ1v) is 8.77. The number of hydrogen-bond acceptors (Lipinski definition) is 4. The molecule has 0 radical (unpaired) electrons. The lowest BCUT2D eigenvalue weighted by Crippen LogP contribution is -2.28. The average molecular weight is 353 g/mol. The van der Waals surface area contributed by atoms with Crippen molar-refractivity contribution in [3.8, 4) is 0 Å². The Bertz CT molecular complexity index is 768.